The summed E-state index contributed by atoms with van der Waals surface area (Å²) in [5, 5.41) is 0. The van der Waals surface area contributed by atoms with Crippen LogP contribution in [0.3, 0.4) is 0 Å². The molecule has 0 N–H and O–H groups in total. The van der Waals surface area contributed by atoms with Gasteiger partial charge in [0, 0.05) is 6.04 Å². The number of carbonyl (C=O) groups is 2. The van der Waals surface area contributed by atoms with E-state index in [0.717, 1.165) is 12.8 Å². The quantitative estimate of drug-likeness (QED) is 0.717. The number of hydrogen-bond acceptors (Lipinski definition) is 5. The van der Waals surface area contributed by atoms with Gasteiger partial charge in [0.2, 0.25) is 0 Å². The van der Waals surface area contributed by atoms with Crippen LogP contribution in [0.25, 0.3) is 0 Å². The maximum atomic E-state index is 12.7. The van der Waals surface area contributed by atoms with Crippen molar-refractivity contribution in [2.75, 3.05) is 13.7 Å². The Bertz CT molecular complexity index is 648. The van der Waals surface area contributed by atoms with E-state index in [9.17, 15) is 9.59 Å². The number of ether oxygens (including phenoxy) is 3. The number of likely N-dealkylation sites (tertiary alicyclic amines) is 1. The Morgan fingerprint density at radius 2 is 1.78 bits per heavy atom. The molecule has 6 nitrogen and oxygen atoms in total. The number of rotatable bonds is 5. The molecule has 0 saturated carbocycles. The normalized spacial score (nSPS) is 19.9. The Morgan fingerprint density at radius 3 is 2.30 bits per heavy atom. The van der Waals surface area contributed by atoms with Crippen LogP contribution in [0, 0.1) is 5.92 Å². The van der Waals surface area contributed by atoms with Crippen molar-refractivity contribution >= 4 is 12.1 Å². The van der Waals surface area contributed by atoms with Crippen LogP contribution in [-0.2, 0) is 9.47 Å². The summed E-state index contributed by atoms with van der Waals surface area (Å²) in [6.07, 6.45) is 1.53. The van der Waals surface area contributed by atoms with E-state index in [4.69, 9.17) is 14.2 Å². The smallest absolute Gasteiger partial charge is 0.410 e. The highest BCUT2D eigenvalue weighted by atomic mass is 16.6. The van der Waals surface area contributed by atoms with Gasteiger partial charge in [0.25, 0.3) is 0 Å². The van der Waals surface area contributed by atoms with Gasteiger partial charge >= 0.3 is 12.1 Å². The zero-order valence-corrected chi connectivity index (χ0v) is 17.2. The minimum absolute atomic E-state index is 0.0347. The number of esters is 1. The first-order valence-electron chi connectivity index (χ1n) is 9.45. The number of methoxy groups -OCH3 is 1. The molecule has 150 valence electrons. The fourth-order valence-electron chi connectivity index (χ4n) is 3.33. The van der Waals surface area contributed by atoms with Gasteiger partial charge in [-0.3, -0.25) is 4.90 Å². The van der Waals surface area contributed by atoms with E-state index in [0.29, 0.717) is 23.8 Å². The predicted octanol–water partition coefficient (Wildman–Crippen LogP) is 4.28. The minimum Gasteiger partial charge on any atom is -0.491 e. The summed E-state index contributed by atoms with van der Waals surface area (Å²) >= 11 is 0. The van der Waals surface area contributed by atoms with E-state index in [1.54, 1.807) is 24.3 Å². The maximum Gasteiger partial charge on any atom is 0.410 e. The minimum atomic E-state index is -0.531. The first-order valence-corrected chi connectivity index (χ1v) is 9.45. The van der Waals surface area contributed by atoms with Gasteiger partial charge in [-0.25, -0.2) is 9.59 Å². The fourth-order valence-corrected chi connectivity index (χ4v) is 3.33. The highest BCUT2D eigenvalue weighted by molar-refractivity contribution is 5.89. The summed E-state index contributed by atoms with van der Waals surface area (Å²) in [5.41, 5.74) is -0.0583. The van der Waals surface area contributed by atoms with Crippen LogP contribution in [0.1, 0.15) is 57.8 Å². The molecule has 1 fully saturated rings. The van der Waals surface area contributed by atoms with Crippen LogP contribution in [-0.4, -0.2) is 48.4 Å². The maximum absolute atomic E-state index is 12.7. The van der Waals surface area contributed by atoms with Crippen molar-refractivity contribution in [2.45, 2.75) is 65.1 Å². The zero-order chi connectivity index (χ0) is 20.2. The molecule has 2 atom stereocenters. The second-order valence-corrected chi connectivity index (χ2v) is 8.26. The Labute approximate surface area is 161 Å². The first kappa shape index (κ1) is 21.1. The van der Waals surface area contributed by atoms with Gasteiger partial charge < -0.3 is 14.2 Å². The Balaban J connectivity index is 2.04. The van der Waals surface area contributed by atoms with E-state index >= 15 is 0 Å². The third-order valence-corrected chi connectivity index (χ3v) is 4.64. The topological polar surface area (TPSA) is 65.1 Å². The number of nitrogens with zero attached hydrogens (tertiary/aromatic N) is 1. The van der Waals surface area contributed by atoms with Crippen molar-refractivity contribution in [3.05, 3.63) is 29.8 Å². The third-order valence-electron chi connectivity index (χ3n) is 4.64. The van der Waals surface area contributed by atoms with Crippen molar-refractivity contribution in [1.29, 1.82) is 0 Å². The van der Waals surface area contributed by atoms with Gasteiger partial charge in [-0.1, -0.05) is 13.8 Å². The molecule has 6 heteroatoms. The fraction of sp³-hybridized carbons (Fsp3) is 0.619. The lowest BCUT2D eigenvalue weighted by atomic mass is 10.0. The van der Waals surface area contributed by atoms with E-state index in [1.165, 1.54) is 7.11 Å². The number of amides is 1. The molecule has 1 aromatic rings. The largest absolute Gasteiger partial charge is 0.491 e. The highest BCUT2D eigenvalue weighted by Crippen LogP contribution is 2.31. The summed E-state index contributed by atoms with van der Waals surface area (Å²) in [4.78, 5) is 26.1. The van der Waals surface area contributed by atoms with Gasteiger partial charge in [-0.15, -0.1) is 0 Å². The number of hydrogen-bond donors (Lipinski definition) is 0. The van der Waals surface area contributed by atoms with Crippen LogP contribution in [0.2, 0.25) is 0 Å². The molecule has 1 aromatic carbocycles. The Kier molecular flexibility index (Phi) is 6.73. The molecule has 0 aliphatic carbocycles. The van der Waals surface area contributed by atoms with Gasteiger partial charge in [0.1, 0.15) is 18.0 Å². The van der Waals surface area contributed by atoms with E-state index in [1.807, 2.05) is 25.7 Å². The summed E-state index contributed by atoms with van der Waals surface area (Å²) in [6.45, 7) is 10.3. The number of carbonyl (C=O) groups excluding carboxylic acids is 2. The predicted molar refractivity (Wildman–Crippen MR) is 103 cm³/mol. The molecule has 0 spiro atoms. The molecule has 1 aliphatic rings. The standard InChI is InChI=1S/C21H31NO5/c1-14(2)18-12-9-16(22(18)20(24)27-21(3,4)5)13-26-17-10-7-15(8-11-17)19(23)25-6/h7-8,10-11,14,16,18H,9,12-13H2,1-6H3/t16?,18-/m1/s1. The molecule has 1 heterocycles. The van der Waals surface area contributed by atoms with Crippen LogP contribution in [0.15, 0.2) is 24.3 Å². The van der Waals surface area contributed by atoms with Crippen LogP contribution < -0.4 is 4.74 Å². The summed E-state index contributed by atoms with van der Waals surface area (Å²) < 4.78 is 16.2. The molecule has 0 bridgehead atoms. The Hall–Kier alpha value is -2.24. The molecule has 0 aromatic heterocycles. The van der Waals surface area contributed by atoms with E-state index in [-0.39, 0.29) is 24.1 Å². The molecule has 1 amide bonds. The zero-order valence-electron chi connectivity index (χ0n) is 17.2. The second kappa shape index (κ2) is 8.63. The monoisotopic (exact) mass is 377 g/mol. The lowest BCUT2D eigenvalue weighted by Gasteiger charge is -2.34. The van der Waals surface area contributed by atoms with Crippen molar-refractivity contribution in [3.8, 4) is 5.75 Å². The van der Waals surface area contributed by atoms with Crippen molar-refractivity contribution in [1.82, 2.24) is 4.90 Å². The first-order chi connectivity index (χ1) is 12.6. The Morgan fingerprint density at radius 1 is 1.15 bits per heavy atom. The number of benzene rings is 1. The molecule has 0 radical (unpaired) electrons. The van der Waals surface area contributed by atoms with E-state index < -0.39 is 5.60 Å². The molecule has 1 aliphatic heterocycles. The van der Waals surface area contributed by atoms with Crippen LogP contribution >= 0.6 is 0 Å². The highest BCUT2D eigenvalue weighted by Gasteiger charge is 2.40. The SMILES string of the molecule is COC(=O)c1ccc(OCC2CC[C@H](C(C)C)N2C(=O)OC(C)(C)C)cc1. The molecule has 2 rings (SSSR count). The lowest BCUT2D eigenvalue weighted by molar-refractivity contribution is 0.00589. The lowest BCUT2D eigenvalue weighted by Crippen LogP contribution is -2.47. The van der Waals surface area contributed by atoms with Gasteiger partial charge in [0.05, 0.1) is 18.7 Å². The van der Waals surface area contributed by atoms with E-state index in [2.05, 4.69) is 13.8 Å². The van der Waals surface area contributed by atoms with Gasteiger partial charge in [-0.05, 0) is 63.8 Å². The van der Waals surface area contributed by atoms with Gasteiger partial charge in [-0.2, -0.15) is 0 Å². The second-order valence-electron chi connectivity index (χ2n) is 8.26. The molecule has 1 unspecified atom stereocenters. The van der Waals surface area contributed by atoms with Crippen molar-refractivity contribution < 1.29 is 23.8 Å². The molecular weight excluding hydrogens is 346 g/mol. The van der Waals surface area contributed by atoms with Crippen molar-refractivity contribution in [2.24, 2.45) is 5.92 Å². The average molecular weight is 377 g/mol. The van der Waals surface area contributed by atoms with Gasteiger partial charge in [0.15, 0.2) is 0 Å². The van der Waals surface area contributed by atoms with Crippen molar-refractivity contribution in [3.63, 3.8) is 0 Å². The molecule has 27 heavy (non-hydrogen) atoms. The molecular formula is C21H31NO5. The molecule has 1 saturated heterocycles. The van der Waals surface area contributed by atoms with Crippen LogP contribution in [0.4, 0.5) is 4.79 Å². The van der Waals surface area contributed by atoms with Crippen LogP contribution in [0.5, 0.6) is 5.75 Å². The summed E-state index contributed by atoms with van der Waals surface area (Å²) in [6, 6.07) is 6.91. The third kappa shape index (κ3) is 5.62. The average Bonchev–Trinajstić information content (AvgIpc) is 3.02. The summed E-state index contributed by atoms with van der Waals surface area (Å²) in [7, 11) is 1.35. The summed E-state index contributed by atoms with van der Waals surface area (Å²) in [5.74, 6) is 0.620.